The Hall–Kier alpha value is -1.05. The quantitative estimate of drug-likeness (QED) is 0.765. The van der Waals surface area contributed by atoms with Crippen LogP contribution in [0.1, 0.15) is 5.56 Å². The van der Waals surface area contributed by atoms with Crippen LogP contribution in [0.4, 0.5) is 0 Å². The molecule has 1 aromatic rings. The highest BCUT2D eigenvalue weighted by molar-refractivity contribution is 5.85. The number of hydrogen-bond acceptors (Lipinski definition) is 6. The van der Waals surface area contributed by atoms with Crippen molar-refractivity contribution in [2.24, 2.45) is 0 Å². The van der Waals surface area contributed by atoms with Gasteiger partial charge in [0.05, 0.1) is 46.8 Å². The van der Waals surface area contributed by atoms with Crippen LogP contribution in [0, 0.1) is 0 Å². The summed E-state index contributed by atoms with van der Waals surface area (Å²) in [5.41, 5.74) is 0.903. The fraction of sp³-hybridized carbons (Fsp3) is 0.625. The van der Waals surface area contributed by atoms with Gasteiger partial charge in [0.1, 0.15) is 11.5 Å². The summed E-state index contributed by atoms with van der Waals surface area (Å²) in [4.78, 5) is 2.18. The maximum atomic E-state index is 10.0. The molecule has 0 aliphatic carbocycles. The largest absolute Gasteiger partial charge is 0.497 e. The number of halogens is 1. The molecule has 132 valence electrons. The van der Waals surface area contributed by atoms with Crippen LogP contribution in [0.5, 0.6) is 11.5 Å². The van der Waals surface area contributed by atoms with Gasteiger partial charge in [-0.1, -0.05) is 0 Å². The zero-order valence-corrected chi connectivity index (χ0v) is 14.5. The van der Waals surface area contributed by atoms with E-state index >= 15 is 0 Å². The van der Waals surface area contributed by atoms with E-state index in [-0.39, 0.29) is 19.0 Å². The average molecular weight is 348 g/mol. The van der Waals surface area contributed by atoms with Gasteiger partial charge in [-0.3, -0.25) is 4.90 Å². The third-order valence-electron chi connectivity index (χ3n) is 3.63. The fourth-order valence-electron chi connectivity index (χ4n) is 2.43. The lowest BCUT2D eigenvalue weighted by Crippen LogP contribution is -2.42. The summed E-state index contributed by atoms with van der Waals surface area (Å²) < 4.78 is 21.4. The Kier molecular flexibility index (Phi) is 9.28. The Labute approximate surface area is 143 Å². The van der Waals surface area contributed by atoms with Crippen LogP contribution in [0.25, 0.3) is 0 Å². The smallest absolute Gasteiger partial charge is 0.124 e. The Morgan fingerprint density at radius 2 is 1.96 bits per heavy atom. The van der Waals surface area contributed by atoms with Crippen molar-refractivity contribution in [3.63, 3.8) is 0 Å². The van der Waals surface area contributed by atoms with Gasteiger partial charge >= 0.3 is 0 Å². The van der Waals surface area contributed by atoms with E-state index in [2.05, 4.69) is 4.90 Å². The number of β-amino-alcohol motifs (C(OH)–C–C–N with tert-alkyl or cyclic N) is 1. The molecule has 1 fully saturated rings. The minimum absolute atomic E-state index is 0. The van der Waals surface area contributed by atoms with Crippen LogP contribution in [0.3, 0.4) is 0 Å². The van der Waals surface area contributed by atoms with Crippen molar-refractivity contribution in [1.82, 2.24) is 4.90 Å². The number of aliphatic hydroxyl groups is 1. The van der Waals surface area contributed by atoms with Gasteiger partial charge in [0.25, 0.3) is 0 Å². The van der Waals surface area contributed by atoms with E-state index in [0.29, 0.717) is 13.2 Å². The third-order valence-corrected chi connectivity index (χ3v) is 3.63. The van der Waals surface area contributed by atoms with Gasteiger partial charge in [0, 0.05) is 25.2 Å². The zero-order chi connectivity index (χ0) is 15.8. The van der Waals surface area contributed by atoms with E-state index in [1.54, 1.807) is 14.2 Å². The van der Waals surface area contributed by atoms with Gasteiger partial charge in [0.15, 0.2) is 0 Å². The lowest BCUT2D eigenvalue weighted by molar-refractivity contribution is -0.0177. The molecule has 0 spiro atoms. The summed E-state index contributed by atoms with van der Waals surface area (Å²) >= 11 is 0. The molecule has 6 nitrogen and oxygen atoms in total. The number of methoxy groups -OCH3 is 2. The molecular weight excluding hydrogens is 322 g/mol. The van der Waals surface area contributed by atoms with E-state index in [1.165, 1.54) is 0 Å². The van der Waals surface area contributed by atoms with Crippen LogP contribution >= 0.6 is 12.4 Å². The van der Waals surface area contributed by atoms with E-state index < -0.39 is 6.10 Å². The molecule has 0 bridgehead atoms. The van der Waals surface area contributed by atoms with Crippen molar-refractivity contribution < 1.29 is 24.1 Å². The first kappa shape index (κ1) is 20.0. The molecule has 1 aliphatic heterocycles. The topological polar surface area (TPSA) is 60.4 Å². The highest BCUT2D eigenvalue weighted by Gasteiger charge is 2.15. The summed E-state index contributed by atoms with van der Waals surface area (Å²) in [6.07, 6.45) is -0.505. The molecular formula is C16H26ClNO5. The highest BCUT2D eigenvalue weighted by Crippen LogP contribution is 2.24. The minimum atomic E-state index is -0.505. The Morgan fingerprint density at radius 3 is 2.61 bits per heavy atom. The van der Waals surface area contributed by atoms with E-state index in [4.69, 9.17) is 18.9 Å². The van der Waals surface area contributed by atoms with Crippen molar-refractivity contribution >= 4 is 12.4 Å². The van der Waals surface area contributed by atoms with E-state index in [9.17, 15) is 5.11 Å². The summed E-state index contributed by atoms with van der Waals surface area (Å²) in [5.74, 6) is 1.51. The Bertz CT molecular complexity index is 454. The SMILES string of the molecule is COc1ccc(OC)c(COCC(O)CN2CCOCC2)c1.Cl. The van der Waals surface area contributed by atoms with Crippen molar-refractivity contribution in [2.75, 3.05) is 53.7 Å². The highest BCUT2D eigenvalue weighted by atomic mass is 35.5. The second-order valence-corrected chi connectivity index (χ2v) is 5.26. The van der Waals surface area contributed by atoms with Crippen LogP contribution in [0.2, 0.25) is 0 Å². The molecule has 0 amide bonds. The normalized spacial score (nSPS) is 16.5. The molecule has 2 rings (SSSR count). The monoisotopic (exact) mass is 347 g/mol. The minimum Gasteiger partial charge on any atom is -0.497 e. The van der Waals surface area contributed by atoms with Crippen LogP contribution < -0.4 is 9.47 Å². The standard InChI is InChI=1S/C16H25NO5.ClH/c1-19-15-3-4-16(20-2)13(9-15)11-22-12-14(18)10-17-5-7-21-8-6-17;/h3-4,9,14,18H,5-8,10-12H2,1-2H3;1H. The maximum absolute atomic E-state index is 10.0. The number of nitrogens with zero attached hydrogens (tertiary/aromatic N) is 1. The molecule has 1 saturated heterocycles. The molecule has 1 N–H and O–H groups in total. The lowest BCUT2D eigenvalue weighted by atomic mass is 10.2. The Morgan fingerprint density at radius 1 is 1.22 bits per heavy atom. The van der Waals surface area contributed by atoms with Crippen LogP contribution in [-0.2, 0) is 16.1 Å². The van der Waals surface area contributed by atoms with Crippen LogP contribution in [0.15, 0.2) is 18.2 Å². The van der Waals surface area contributed by atoms with E-state index in [1.807, 2.05) is 18.2 Å². The number of rotatable bonds is 8. The van der Waals surface area contributed by atoms with Gasteiger partial charge in [-0.05, 0) is 18.2 Å². The third kappa shape index (κ3) is 6.53. The molecule has 1 aromatic carbocycles. The van der Waals surface area contributed by atoms with Gasteiger partial charge < -0.3 is 24.1 Å². The first-order chi connectivity index (χ1) is 10.7. The number of aliphatic hydroxyl groups excluding tert-OH is 1. The summed E-state index contributed by atoms with van der Waals surface area (Å²) in [6, 6.07) is 5.57. The van der Waals surface area contributed by atoms with Gasteiger partial charge in [0.2, 0.25) is 0 Å². The molecule has 23 heavy (non-hydrogen) atoms. The Balaban J connectivity index is 0.00000264. The number of ether oxygens (including phenoxy) is 4. The van der Waals surface area contributed by atoms with Crippen molar-refractivity contribution in [2.45, 2.75) is 12.7 Å². The predicted octanol–water partition coefficient (Wildman–Crippen LogP) is 1.34. The van der Waals surface area contributed by atoms with Gasteiger partial charge in [-0.25, -0.2) is 0 Å². The lowest BCUT2D eigenvalue weighted by Gasteiger charge is -2.28. The van der Waals surface area contributed by atoms with E-state index in [0.717, 1.165) is 43.4 Å². The molecule has 7 heteroatoms. The van der Waals surface area contributed by atoms with Crippen molar-refractivity contribution in [3.05, 3.63) is 23.8 Å². The number of morpholine rings is 1. The molecule has 0 aromatic heterocycles. The van der Waals surface area contributed by atoms with Gasteiger partial charge in [-0.2, -0.15) is 0 Å². The van der Waals surface area contributed by atoms with Crippen molar-refractivity contribution in [3.8, 4) is 11.5 Å². The summed E-state index contributed by atoms with van der Waals surface area (Å²) in [6.45, 7) is 4.46. The summed E-state index contributed by atoms with van der Waals surface area (Å²) in [5, 5.41) is 10.0. The van der Waals surface area contributed by atoms with Gasteiger partial charge in [-0.15, -0.1) is 12.4 Å². The molecule has 0 radical (unpaired) electrons. The molecule has 1 aliphatic rings. The fourth-order valence-corrected chi connectivity index (χ4v) is 2.43. The first-order valence-corrected chi connectivity index (χ1v) is 7.49. The average Bonchev–Trinajstić information content (AvgIpc) is 2.55. The summed E-state index contributed by atoms with van der Waals surface area (Å²) in [7, 11) is 3.25. The van der Waals surface area contributed by atoms with Crippen molar-refractivity contribution in [1.29, 1.82) is 0 Å². The molecule has 1 atom stereocenters. The van der Waals surface area contributed by atoms with Crippen LogP contribution in [-0.4, -0.2) is 69.8 Å². The second-order valence-electron chi connectivity index (χ2n) is 5.26. The molecule has 1 unspecified atom stereocenters. The first-order valence-electron chi connectivity index (χ1n) is 7.49. The number of hydrogen-bond donors (Lipinski definition) is 1. The maximum Gasteiger partial charge on any atom is 0.124 e. The molecule has 1 heterocycles. The molecule has 0 saturated carbocycles. The number of benzene rings is 1. The second kappa shape index (κ2) is 10.7. The predicted molar refractivity (Wildman–Crippen MR) is 89.7 cm³/mol. The zero-order valence-electron chi connectivity index (χ0n) is 13.7.